The van der Waals surface area contributed by atoms with Gasteiger partial charge in [0, 0.05) is 24.0 Å². The number of quaternary nitrogens is 1. The summed E-state index contributed by atoms with van der Waals surface area (Å²) in [5.41, 5.74) is 3.99. The number of likely N-dealkylation sites (N-methyl/N-ethyl adjacent to an activating group) is 1. The number of ether oxygens (including phenoxy) is 2. The Morgan fingerprint density at radius 3 is 2.63 bits per heavy atom. The summed E-state index contributed by atoms with van der Waals surface area (Å²) in [4.78, 5) is 12.9. The van der Waals surface area contributed by atoms with Crippen LogP contribution in [0.2, 0.25) is 0 Å². The molecule has 6 nitrogen and oxygen atoms in total. The van der Waals surface area contributed by atoms with Gasteiger partial charge < -0.3 is 48.1 Å². The first-order valence-corrected chi connectivity index (χ1v) is 10.1. The van der Waals surface area contributed by atoms with Crippen molar-refractivity contribution < 1.29 is 52.9 Å². The van der Waals surface area contributed by atoms with Gasteiger partial charge in [0.2, 0.25) is 6.79 Å². The molecule has 4 rings (SSSR count). The fraction of sp³-hybridized carbons (Fsp3) is 0.435. The minimum Gasteiger partial charge on any atom is -1.00 e. The highest BCUT2D eigenvalue weighted by molar-refractivity contribution is 5.79. The number of ketones is 1. The summed E-state index contributed by atoms with van der Waals surface area (Å²) in [7, 11) is 4.29. The summed E-state index contributed by atoms with van der Waals surface area (Å²) in [6, 6.07) is 8.99. The fourth-order valence-electron chi connectivity index (χ4n) is 4.49. The number of aromatic hydroxyl groups is 1. The van der Waals surface area contributed by atoms with Crippen molar-refractivity contribution in [2.75, 3.05) is 27.4 Å². The van der Waals surface area contributed by atoms with Crippen molar-refractivity contribution in [1.82, 2.24) is 0 Å². The Hall–Kier alpha value is -1.84. The van der Waals surface area contributed by atoms with Gasteiger partial charge in [-0.05, 0) is 35.7 Å². The summed E-state index contributed by atoms with van der Waals surface area (Å²) in [6.07, 6.45) is 2.41. The van der Waals surface area contributed by atoms with Gasteiger partial charge in [-0.15, -0.1) is 0 Å². The Kier molecular flexibility index (Phi) is 6.94. The molecule has 0 spiro atoms. The monoisotopic (exact) mass is 525 g/mol. The van der Waals surface area contributed by atoms with Crippen molar-refractivity contribution in [2.45, 2.75) is 38.3 Å². The molecule has 0 saturated carbocycles. The number of rotatable bonds is 6. The number of aliphatic hydroxyl groups excluding tert-OH is 1. The predicted molar refractivity (Wildman–Crippen MR) is 108 cm³/mol. The first-order valence-electron chi connectivity index (χ1n) is 10.1. The highest BCUT2D eigenvalue weighted by atomic mass is 127. The zero-order valence-corrected chi connectivity index (χ0v) is 19.5. The molecule has 0 bridgehead atoms. The van der Waals surface area contributed by atoms with Gasteiger partial charge in [0.15, 0.2) is 11.5 Å². The predicted octanol–water partition coefficient (Wildman–Crippen LogP) is -0.117. The van der Waals surface area contributed by atoms with Crippen LogP contribution >= 0.6 is 0 Å². The van der Waals surface area contributed by atoms with Gasteiger partial charge >= 0.3 is 0 Å². The van der Waals surface area contributed by atoms with Crippen molar-refractivity contribution >= 4 is 5.78 Å². The number of Topliss-reactive ketones (excluding diaryl/α,β-unsaturated/α-hetero) is 1. The van der Waals surface area contributed by atoms with Crippen LogP contribution in [0.15, 0.2) is 30.3 Å². The number of fused-ring (bicyclic) bond motifs is 2. The molecule has 2 aliphatic heterocycles. The summed E-state index contributed by atoms with van der Waals surface area (Å²) < 4.78 is 11.9. The molecule has 0 aromatic heterocycles. The minimum atomic E-state index is -0.132. The highest BCUT2D eigenvalue weighted by Crippen LogP contribution is 2.47. The number of aryl methyl sites for hydroxylation is 1. The number of carbonyl (C=O) groups excluding carboxylic acids is 1. The standard InChI is InChI=1S/C23H27NO5.HI/c1-24(2)10-9-16-11-21-23(29-14-28-21)19(13-25)22(16)20(24)12-18(27)8-5-15-3-6-17(26)7-4-15;/h3-4,6-7,11,20,25H,5,8-10,12-14H2,1-2H3;1H. The molecular weight excluding hydrogens is 497 g/mol. The van der Waals surface area contributed by atoms with E-state index in [0.29, 0.717) is 35.2 Å². The van der Waals surface area contributed by atoms with Crippen LogP contribution in [0.25, 0.3) is 0 Å². The maximum Gasteiger partial charge on any atom is 0.231 e. The van der Waals surface area contributed by atoms with Crippen molar-refractivity contribution in [3.05, 3.63) is 52.6 Å². The number of nitrogens with zero attached hydrogens (tertiary/aromatic N) is 1. The van der Waals surface area contributed by atoms with Crippen molar-refractivity contribution in [2.24, 2.45) is 0 Å². The number of halogens is 1. The molecule has 1 unspecified atom stereocenters. The molecule has 1 atom stereocenters. The summed E-state index contributed by atoms with van der Waals surface area (Å²) in [6.45, 7) is 0.959. The van der Waals surface area contributed by atoms with Crippen LogP contribution in [-0.2, 0) is 24.2 Å². The summed E-state index contributed by atoms with van der Waals surface area (Å²) in [5, 5.41) is 19.5. The van der Waals surface area contributed by atoms with Crippen molar-refractivity contribution in [1.29, 1.82) is 0 Å². The second-order valence-electron chi connectivity index (χ2n) is 8.50. The van der Waals surface area contributed by atoms with Crippen LogP contribution in [-0.4, -0.2) is 47.9 Å². The molecule has 0 saturated heterocycles. The summed E-state index contributed by atoms with van der Waals surface area (Å²) >= 11 is 0. The van der Waals surface area contributed by atoms with E-state index in [4.69, 9.17) is 9.47 Å². The lowest BCUT2D eigenvalue weighted by molar-refractivity contribution is -0.922. The third kappa shape index (κ3) is 4.43. The SMILES string of the molecule is C[N+]1(C)CCc2cc3c(c(CO)c2C1CC(=O)CCc1ccc(O)cc1)OCO3.[I-]. The molecule has 0 fully saturated rings. The Bertz CT molecular complexity index is 926. The Balaban J connectivity index is 0.00000256. The molecule has 2 N–H and O–H groups in total. The molecule has 0 amide bonds. The molecule has 162 valence electrons. The number of carbonyl (C=O) groups is 1. The molecular formula is C23H28INO5. The van der Waals surface area contributed by atoms with E-state index in [1.165, 1.54) is 0 Å². The molecule has 2 aromatic rings. The number of benzene rings is 2. The number of phenolic OH excluding ortho intramolecular Hbond substituents is 1. The van der Waals surface area contributed by atoms with Gasteiger partial charge in [0.05, 0.1) is 33.7 Å². The van der Waals surface area contributed by atoms with Crippen molar-refractivity contribution in [3.8, 4) is 17.2 Å². The van der Waals surface area contributed by atoms with Crippen LogP contribution in [0.4, 0.5) is 0 Å². The van der Waals surface area contributed by atoms with Crippen LogP contribution in [0.5, 0.6) is 17.2 Å². The van der Waals surface area contributed by atoms with Gasteiger partial charge in [-0.3, -0.25) is 4.79 Å². The van der Waals surface area contributed by atoms with Gasteiger partial charge in [-0.2, -0.15) is 0 Å². The molecule has 0 aliphatic carbocycles. The smallest absolute Gasteiger partial charge is 0.231 e. The largest absolute Gasteiger partial charge is 1.00 e. The fourth-order valence-corrected chi connectivity index (χ4v) is 4.49. The Morgan fingerprint density at radius 1 is 1.20 bits per heavy atom. The zero-order valence-electron chi connectivity index (χ0n) is 17.4. The van der Waals surface area contributed by atoms with E-state index in [-0.39, 0.29) is 55.0 Å². The Morgan fingerprint density at radius 2 is 1.93 bits per heavy atom. The van der Waals surface area contributed by atoms with E-state index >= 15 is 0 Å². The lowest BCUT2D eigenvalue weighted by Crippen LogP contribution is -3.00. The van der Waals surface area contributed by atoms with E-state index in [9.17, 15) is 15.0 Å². The van der Waals surface area contributed by atoms with Crippen molar-refractivity contribution in [3.63, 3.8) is 0 Å². The number of phenols is 1. The first kappa shape index (κ1) is 22.8. The Labute approximate surface area is 194 Å². The van der Waals surface area contributed by atoms with E-state index < -0.39 is 0 Å². The average Bonchev–Trinajstić information content (AvgIpc) is 3.16. The van der Waals surface area contributed by atoms with Gasteiger partial charge in [-0.25, -0.2) is 0 Å². The third-order valence-corrected chi connectivity index (χ3v) is 6.23. The van der Waals surface area contributed by atoms with E-state index in [1.807, 2.05) is 18.2 Å². The van der Waals surface area contributed by atoms with Gasteiger partial charge in [0.1, 0.15) is 17.6 Å². The molecule has 30 heavy (non-hydrogen) atoms. The quantitative estimate of drug-likeness (QED) is 0.407. The molecule has 0 radical (unpaired) electrons. The maximum absolute atomic E-state index is 12.9. The van der Waals surface area contributed by atoms with Crippen LogP contribution in [0.3, 0.4) is 0 Å². The normalized spacial score (nSPS) is 18.4. The lowest BCUT2D eigenvalue weighted by atomic mass is 9.83. The van der Waals surface area contributed by atoms with Gasteiger partial charge in [0.25, 0.3) is 0 Å². The second kappa shape index (κ2) is 9.11. The zero-order chi connectivity index (χ0) is 20.6. The van der Waals surface area contributed by atoms with Gasteiger partial charge in [-0.1, -0.05) is 12.1 Å². The highest BCUT2D eigenvalue weighted by Gasteiger charge is 2.41. The number of aliphatic hydroxyl groups is 1. The van der Waals surface area contributed by atoms with E-state index in [1.54, 1.807) is 12.1 Å². The minimum absolute atomic E-state index is 0. The van der Waals surface area contributed by atoms with Crippen LogP contribution in [0, 0.1) is 0 Å². The summed E-state index contributed by atoms with van der Waals surface area (Å²) in [5.74, 6) is 1.74. The molecule has 7 heteroatoms. The molecule has 2 heterocycles. The first-order chi connectivity index (χ1) is 13.9. The molecule has 2 aliphatic rings. The lowest BCUT2D eigenvalue weighted by Gasteiger charge is -2.43. The van der Waals surface area contributed by atoms with Crippen LogP contribution < -0.4 is 33.5 Å². The maximum atomic E-state index is 12.9. The second-order valence-corrected chi connectivity index (χ2v) is 8.50. The molecule has 2 aromatic carbocycles. The van der Waals surface area contributed by atoms with Crippen LogP contribution in [0.1, 0.15) is 41.1 Å². The number of hydrogen-bond acceptors (Lipinski definition) is 5. The average molecular weight is 525 g/mol. The van der Waals surface area contributed by atoms with E-state index in [2.05, 4.69) is 14.1 Å². The topological polar surface area (TPSA) is 76.0 Å². The van der Waals surface area contributed by atoms with E-state index in [0.717, 1.165) is 35.2 Å². The number of hydrogen-bond donors (Lipinski definition) is 2. The third-order valence-electron chi connectivity index (χ3n) is 6.23.